The number of nitrogens with zero attached hydrogens (tertiary/aromatic N) is 1. The molecule has 1 atom stereocenters. The molecule has 0 radical (unpaired) electrons. The van der Waals surface area contributed by atoms with E-state index < -0.39 is 0 Å². The first-order valence-corrected chi connectivity index (χ1v) is 7.60. The summed E-state index contributed by atoms with van der Waals surface area (Å²) in [5.41, 5.74) is 9.92. The first kappa shape index (κ1) is 14.9. The molecule has 3 rings (SSSR count). The van der Waals surface area contributed by atoms with Gasteiger partial charge in [-0.05, 0) is 35.2 Å². The Morgan fingerprint density at radius 1 is 1.23 bits per heavy atom. The van der Waals surface area contributed by atoms with Crippen molar-refractivity contribution >= 4 is 0 Å². The van der Waals surface area contributed by atoms with Crippen molar-refractivity contribution in [2.24, 2.45) is 5.73 Å². The molecule has 0 aliphatic carbocycles. The zero-order chi connectivity index (χ0) is 15.5. The van der Waals surface area contributed by atoms with Crippen LogP contribution in [-0.4, -0.2) is 30.2 Å². The van der Waals surface area contributed by atoms with Gasteiger partial charge in [0, 0.05) is 25.7 Å². The van der Waals surface area contributed by atoms with Crippen LogP contribution < -0.4 is 10.5 Å². The van der Waals surface area contributed by atoms with Gasteiger partial charge >= 0.3 is 0 Å². The smallest absolute Gasteiger partial charge is 0.160 e. The van der Waals surface area contributed by atoms with E-state index in [1.54, 1.807) is 13.2 Å². The topological polar surface area (TPSA) is 58.7 Å². The summed E-state index contributed by atoms with van der Waals surface area (Å²) in [6.45, 7) is 2.43. The summed E-state index contributed by atoms with van der Waals surface area (Å²) >= 11 is 0. The predicted octanol–water partition coefficient (Wildman–Crippen LogP) is 2.46. The van der Waals surface area contributed by atoms with Crippen LogP contribution in [0.5, 0.6) is 11.5 Å². The molecule has 4 heteroatoms. The number of phenolic OH excluding ortho intramolecular Hbond substituents is 1. The highest BCUT2D eigenvalue weighted by Gasteiger charge is 2.24. The van der Waals surface area contributed by atoms with Crippen molar-refractivity contribution in [3.8, 4) is 11.5 Å². The molecule has 0 aromatic heterocycles. The summed E-state index contributed by atoms with van der Waals surface area (Å²) in [7, 11) is 1.56. The van der Waals surface area contributed by atoms with E-state index in [2.05, 4.69) is 29.2 Å². The molecule has 1 aliphatic heterocycles. The van der Waals surface area contributed by atoms with Gasteiger partial charge in [0.25, 0.3) is 0 Å². The van der Waals surface area contributed by atoms with Crippen LogP contribution in [0.25, 0.3) is 0 Å². The van der Waals surface area contributed by atoms with Crippen molar-refractivity contribution in [1.29, 1.82) is 0 Å². The Labute approximate surface area is 131 Å². The molecule has 3 N–H and O–H groups in total. The molecular weight excluding hydrogens is 276 g/mol. The highest BCUT2D eigenvalue weighted by Crippen LogP contribution is 2.32. The Morgan fingerprint density at radius 3 is 2.73 bits per heavy atom. The van der Waals surface area contributed by atoms with Crippen molar-refractivity contribution in [3.63, 3.8) is 0 Å². The number of benzene rings is 2. The summed E-state index contributed by atoms with van der Waals surface area (Å²) in [4.78, 5) is 2.40. The maximum Gasteiger partial charge on any atom is 0.160 e. The average Bonchev–Trinajstić information content (AvgIpc) is 2.57. The third-order valence-electron chi connectivity index (χ3n) is 4.41. The van der Waals surface area contributed by atoms with E-state index in [0.717, 1.165) is 25.1 Å². The number of nitrogens with two attached hydrogens (primary N) is 1. The summed E-state index contributed by atoms with van der Waals surface area (Å²) < 4.78 is 5.21. The molecule has 22 heavy (non-hydrogen) atoms. The number of hydrogen-bond donors (Lipinski definition) is 2. The Kier molecular flexibility index (Phi) is 4.32. The number of ether oxygens (including phenoxy) is 1. The largest absolute Gasteiger partial charge is 0.504 e. The second kappa shape index (κ2) is 6.38. The fourth-order valence-electron chi connectivity index (χ4n) is 3.18. The lowest BCUT2D eigenvalue weighted by atomic mass is 9.96. The van der Waals surface area contributed by atoms with Gasteiger partial charge in [-0.2, -0.15) is 0 Å². The molecule has 0 fully saturated rings. The standard InChI is InChI=1S/C18H22N2O2/c1-22-18-10-14(6-7-17(18)21)16(11-19)20-9-8-13-4-2-3-5-15(13)12-20/h2-7,10,16,21H,8-9,11-12,19H2,1H3. The van der Waals surface area contributed by atoms with Gasteiger partial charge in [-0.3, -0.25) is 4.90 Å². The minimum atomic E-state index is 0.128. The van der Waals surface area contributed by atoms with E-state index >= 15 is 0 Å². The van der Waals surface area contributed by atoms with E-state index in [0.29, 0.717) is 12.3 Å². The summed E-state index contributed by atoms with van der Waals surface area (Å²) in [5.74, 6) is 0.652. The Hall–Kier alpha value is -2.04. The maximum absolute atomic E-state index is 9.76. The fourth-order valence-corrected chi connectivity index (χ4v) is 3.18. The highest BCUT2D eigenvalue weighted by molar-refractivity contribution is 5.43. The van der Waals surface area contributed by atoms with Crippen molar-refractivity contribution in [3.05, 3.63) is 59.2 Å². The molecule has 1 aliphatic rings. The van der Waals surface area contributed by atoms with Crippen LogP contribution in [0.1, 0.15) is 22.7 Å². The van der Waals surface area contributed by atoms with Crippen LogP contribution in [0, 0.1) is 0 Å². The molecule has 2 aromatic rings. The normalized spacial score (nSPS) is 16.1. The zero-order valence-corrected chi connectivity index (χ0v) is 12.8. The van der Waals surface area contributed by atoms with Gasteiger partial charge < -0.3 is 15.6 Å². The van der Waals surface area contributed by atoms with E-state index in [-0.39, 0.29) is 11.8 Å². The molecule has 0 saturated heterocycles. The Morgan fingerprint density at radius 2 is 2.00 bits per heavy atom. The van der Waals surface area contributed by atoms with E-state index in [1.807, 2.05) is 12.1 Å². The molecule has 2 aromatic carbocycles. The second-order valence-electron chi connectivity index (χ2n) is 5.67. The molecule has 0 spiro atoms. The highest BCUT2D eigenvalue weighted by atomic mass is 16.5. The van der Waals surface area contributed by atoms with Gasteiger partial charge in [0.1, 0.15) is 0 Å². The molecule has 1 unspecified atom stereocenters. The summed E-state index contributed by atoms with van der Waals surface area (Å²) in [6.07, 6.45) is 1.04. The van der Waals surface area contributed by atoms with Gasteiger partial charge in [0.2, 0.25) is 0 Å². The van der Waals surface area contributed by atoms with Crippen LogP contribution in [0.3, 0.4) is 0 Å². The van der Waals surface area contributed by atoms with Gasteiger partial charge in [-0.1, -0.05) is 30.3 Å². The lowest BCUT2D eigenvalue weighted by Gasteiger charge is -2.35. The molecule has 0 bridgehead atoms. The monoisotopic (exact) mass is 298 g/mol. The minimum absolute atomic E-state index is 0.128. The van der Waals surface area contributed by atoms with E-state index in [4.69, 9.17) is 10.5 Å². The van der Waals surface area contributed by atoms with Crippen molar-refractivity contribution < 1.29 is 9.84 Å². The van der Waals surface area contributed by atoms with Gasteiger partial charge in [-0.25, -0.2) is 0 Å². The number of fused-ring (bicyclic) bond motifs is 1. The van der Waals surface area contributed by atoms with E-state index in [9.17, 15) is 5.11 Å². The SMILES string of the molecule is COc1cc(C(CN)N2CCc3ccccc3C2)ccc1O. The predicted molar refractivity (Wildman–Crippen MR) is 87.0 cm³/mol. The van der Waals surface area contributed by atoms with E-state index in [1.165, 1.54) is 11.1 Å². The van der Waals surface area contributed by atoms with Crippen molar-refractivity contribution in [2.75, 3.05) is 20.2 Å². The molecule has 0 saturated carbocycles. The third kappa shape index (κ3) is 2.80. The average molecular weight is 298 g/mol. The second-order valence-corrected chi connectivity index (χ2v) is 5.67. The van der Waals surface area contributed by atoms with Crippen LogP contribution in [0.2, 0.25) is 0 Å². The van der Waals surface area contributed by atoms with Gasteiger partial charge in [0.15, 0.2) is 11.5 Å². The van der Waals surface area contributed by atoms with Crippen molar-refractivity contribution in [1.82, 2.24) is 4.90 Å². The van der Waals surface area contributed by atoms with Crippen LogP contribution in [0.15, 0.2) is 42.5 Å². The quantitative estimate of drug-likeness (QED) is 0.910. The van der Waals surface area contributed by atoms with Crippen molar-refractivity contribution in [2.45, 2.75) is 19.0 Å². The molecular formula is C18H22N2O2. The first-order valence-electron chi connectivity index (χ1n) is 7.60. The minimum Gasteiger partial charge on any atom is -0.504 e. The Balaban J connectivity index is 1.86. The Bertz CT molecular complexity index is 657. The van der Waals surface area contributed by atoms with Gasteiger partial charge in [-0.15, -0.1) is 0 Å². The van der Waals surface area contributed by atoms with Crippen LogP contribution in [-0.2, 0) is 13.0 Å². The first-order chi connectivity index (χ1) is 10.7. The number of hydrogen-bond acceptors (Lipinski definition) is 4. The van der Waals surface area contributed by atoms with Gasteiger partial charge in [0.05, 0.1) is 7.11 Å². The zero-order valence-electron chi connectivity index (χ0n) is 12.8. The maximum atomic E-state index is 9.76. The fraction of sp³-hybridized carbons (Fsp3) is 0.333. The molecule has 4 nitrogen and oxygen atoms in total. The number of rotatable bonds is 4. The number of methoxy groups -OCH3 is 1. The molecule has 1 heterocycles. The lowest BCUT2D eigenvalue weighted by Crippen LogP contribution is -2.37. The lowest BCUT2D eigenvalue weighted by molar-refractivity contribution is 0.183. The number of phenols is 1. The molecule has 0 amide bonds. The van der Waals surface area contributed by atoms with Crippen LogP contribution >= 0.6 is 0 Å². The summed E-state index contributed by atoms with van der Waals surface area (Å²) in [6, 6.07) is 14.2. The molecule has 116 valence electrons. The summed E-state index contributed by atoms with van der Waals surface area (Å²) in [5, 5.41) is 9.76. The third-order valence-corrected chi connectivity index (χ3v) is 4.41. The number of aromatic hydroxyl groups is 1. The van der Waals surface area contributed by atoms with Crippen LogP contribution in [0.4, 0.5) is 0 Å².